The van der Waals surface area contributed by atoms with Gasteiger partial charge in [0, 0.05) is 12.1 Å². The first-order chi connectivity index (χ1) is 5.36. The molecule has 11 heavy (non-hydrogen) atoms. The number of hydrogen-bond donors (Lipinski definition) is 0. The number of benzene rings is 1. The summed E-state index contributed by atoms with van der Waals surface area (Å²) in [6.45, 7) is 0. The van der Waals surface area contributed by atoms with Gasteiger partial charge >= 0.3 is 0 Å². The average Bonchev–Trinajstić information content (AvgIpc) is 2.07. The Bertz CT molecular complexity index is 262. The Kier molecular flexibility index (Phi) is 2.94. The smallest absolute Gasteiger partial charge is 0.0991 e. The van der Waals surface area contributed by atoms with Crippen LogP contribution in [0.5, 0.6) is 0 Å². The molecule has 1 aromatic rings. The molecule has 0 heterocycles. The highest BCUT2D eigenvalue weighted by molar-refractivity contribution is 7.93. The maximum atomic E-state index is 11.7. The fourth-order valence-corrected chi connectivity index (χ4v) is 1.06. The second-order valence-electron chi connectivity index (χ2n) is 2.06. The van der Waals surface area contributed by atoms with Crippen molar-refractivity contribution in [1.29, 1.82) is 5.26 Å². The summed E-state index contributed by atoms with van der Waals surface area (Å²) in [5.74, 6) is 0.353. The zero-order chi connectivity index (χ0) is 8.10. The maximum absolute atomic E-state index is 11.7. The summed E-state index contributed by atoms with van der Waals surface area (Å²) >= 11 is 0.285. The molecule has 1 nitrogen and oxygen atoms in total. The topological polar surface area (TPSA) is 23.8 Å². The number of nitrogens with zero attached hydrogens (tertiary/aromatic N) is 1. The van der Waals surface area contributed by atoms with E-state index in [0.29, 0.717) is 11.3 Å². The molecule has 0 unspecified atom stereocenters. The highest BCUT2D eigenvalue weighted by Gasteiger charge is 1.92. The van der Waals surface area contributed by atoms with E-state index in [-0.39, 0.29) is 12.1 Å². The van der Waals surface area contributed by atoms with Gasteiger partial charge in [0.05, 0.1) is 17.4 Å². The first kappa shape index (κ1) is 8.09. The lowest BCUT2D eigenvalue weighted by molar-refractivity contribution is 0.933. The van der Waals surface area contributed by atoms with Gasteiger partial charge in [-0.25, -0.2) is 0 Å². The van der Waals surface area contributed by atoms with Gasteiger partial charge in [0.25, 0.3) is 0 Å². The van der Waals surface area contributed by atoms with E-state index in [4.69, 9.17) is 5.26 Å². The first-order valence-corrected chi connectivity index (χ1v) is 3.98. The fraction of sp³-hybridized carbons (Fsp3) is 0.125. The minimum Gasteiger partial charge on any atom is -0.192 e. The molecule has 56 valence electrons. The lowest BCUT2D eigenvalue weighted by Gasteiger charge is -1.93. The van der Waals surface area contributed by atoms with Gasteiger partial charge in [-0.05, 0) is 17.7 Å². The van der Waals surface area contributed by atoms with Crippen LogP contribution in [0.25, 0.3) is 0 Å². The second-order valence-corrected chi connectivity index (χ2v) is 2.57. The summed E-state index contributed by atoms with van der Waals surface area (Å²) in [4.78, 5) is 0. The molecule has 0 bridgehead atoms. The molecule has 0 aliphatic carbocycles. The molecular formula is C8H6FNS. The van der Waals surface area contributed by atoms with Gasteiger partial charge in [-0.1, -0.05) is 12.1 Å². The molecule has 0 spiro atoms. The van der Waals surface area contributed by atoms with Crippen molar-refractivity contribution < 1.29 is 3.89 Å². The van der Waals surface area contributed by atoms with Crippen LogP contribution in [0.3, 0.4) is 0 Å². The van der Waals surface area contributed by atoms with Crippen molar-refractivity contribution in [1.82, 2.24) is 0 Å². The summed E-state index contributed by atoms with van der Waals surface area (Å²) in [7, 11) is 0. The molecule has 0 saturated heterocycles. The average molecular weight is 167 g/mol. The van der Waals surface area contributed by atoms with Gasteiger partial charge in [0.15, 0.2) is 0 Å². The van der Waals surface area contributed by atoms with E-state index in [1.165, 1.54) is 0 Å². The van der Waals surface area contributed by atoms with Crippen LogP contribution in [0.4, 0.5) is 3.89 Å². The van der Waals surface area contributed by atoms with Crippen LogP contribution in [-0.4, -0.2) is 0 Å². The van der Waals surface area contributed by atoms with Crippen LogP contribution >= 0.6 is 12.1 Å². The van der Waals surface area contributed by atoms with Crippen LogP contribution < -0.4 is 0 Å². The van der Waals surface area contributed by atoms with Gasteiger partial charge < -0.3 is 0 Å². The first-order valence-electron chi connectivity index (χ1n) is 3.09. The summed E-state index contributed by atoms with van der Waals surface area (Å²) < 4.78 is 11.7. The van der Waals surface area contributed by atoms with Crippen LogP contribution in [0.1, 0.15) is 11.1 Å². The van der Waals surface area contributed by atoms with Crippen molar-refractivity contribution >= 4 is 12.1 Å². The molecule has 0 aliphatic rings. The van der Waals surface area contributed by atoms with Crippen LogP contribution in [0, 0.1) is 11.3 Å². The molecule has 1 aromatic carbocycles. The molecular weight excluding hydrogens is 161 g/mol. The quantitative estimate of drug-likeness (QED) is 0.676. The van der Waals surface area contributed by atoms with Crippen molar-refractivity contribution in [3.63, 3.8) is 0 Å². The Morgan fingerprint density at radius 2 is 2.00 bits per heavy atom. The lowest BCUT2D eigenvalue weighted by Crippen LogP contribution is -1.78. The van der Waals surface area contributed by atoms with Gasteiger partial charge in [-0.15, -0.1) is 0 Å². The normalized spacial score (nSPS) is 9.09. The van der Waals surface area contributed by atoms with Crippen molar-refractivity contribution in [3.8, 4) is 6.07 Å². The summed E-state index contributed by atoms with van der Waals surface area (Å²) in [6.07, 6.45) is 0. The number of halogens is 1. The molecule has 0 aromatic heterocycles. The zero-order valence-electron chi connectivity index (χ0n) is 5.75. The third kappa shape index (κ3) is 2.24. The van der Waals surface area contributed by atoms with E-state index in [0.717, 1.165) is 5.56 Å². The minimum atomic E-state index is 0.285. The highest BCUT2D eigenvalue weighted by atomic mass is 32.2. The van der Waals surface area contributed by atoms with Crippen molar-refractivity contribution in [2.45, 2.75) is 5.75 Å². The Labute approximate surface area is 69.1 Å². The Hall–Kier alpha value is -1.01. The number of hydrogen-bond acceptors (Lipinski definition) is 2. The number of nitriles is 1. The zero-order valence-corrected chi connectivity index (χ0v) is 6.57. The van der Waals surface area contributed by atoms with Crippen LogP contribution in [0.15, 0.2) is 24.3 Å². The maximum Gasteiger partial charge on any atom is 0.0991 e. The summed E-state index contributed by atoms with van der Waals surface area (Å²) in [5, 5.41) is 8.43. The monoisotopic (exact) mass is 167 g/mol. The predicted molar refractivity (Wildman–Crippen MR) is 43.6 cm³/mol. The molecule has 0 fully saturated rings. The van der Waals surface area contributed by atoms with E-state index in [2.05, 4.69) is 0 Å². The van der Waals surface area contributed by atoms with E-state index in [1.807, 2.05) is 6.07 Å². The molecule has 0 N–H and O–H groups in total. The molecule has 0 aliphatic heterocycles. The molecule has 0 radical (unpaired) electrons. The molecule has 0 saturated carbocycles. The third-order valence-corrected chi connectivity index (χ3v) is 1.75. The van der Waals surface area contributed by atoms with Crippen LogP contribution in [-0.2, 0) is 5.75 Å². The predicted octanol–water partition coefficient (Wildman–Crippen LogP) is 2.68. The van der Waals surface area contributed by atoms with Gasteiger partial charge in [0.1, 0.15) is 0 Å². The lowest BCUT2D eigenvalue weighted by atomic mass is 10.2. The van der Waals surface area contributed by atoms with Crippen LogP contribution in [0.2, 0.25) is 0 Å². The minimum absolute atomic E-state index is 0.285. The van der Waals surface area contributed by atoms with E-state index in [1.54, 1.807) is 24.3 Å². The van der Waals surface area contributed by atoms with Crippen molar-refractivity contribution in [3.05, 3.63) is 35.4 Å². The third-order valence-electron chi connectivity index (χ3n) is 1.30. The standard InChI is InChI=1S/C8H6FNS/c9-11-6-8-3-1-7(5-10)2-4-8/h1-4H,6H2. The summed E-state index contributed by atoms with van der Waals surface area (Å²) in [6, 6.07) is 8.88. The molecule has 1 rings (SSSR count). The Balaban J connectivity index is 2.76. The second kappa shape index (κ2) is 3.99. The molecule has 0 amide bonds. The van der Waals surface area contributed by atoms with Gasteiger partial charge in [-0.3, -0.25) is 0 Å². The fourth-order valence-electron chi connectivity index (χ4n) is 0.739. The highest BCUT2D eigenvalue weighted by Crippen LogP contribution is 2.12. The Morgan fingerprint density at radius 1 is 1.36 bits per heavy atom. The molecule has 3 heteroatoms. The largest absolute Gasteiger partial charge is 0.192 e. The van der Waals surface area contributed by atoms with E-state index in [9.17, 15) is 3.89 Å². The van der Waals surface area contributed by atoms with Gasteiger partial charge in [-0.2, -0.15) is 9.15 Å². The van der Waals surface area contributed by atoms with Gasteiger partial charge in [0.2, 0.25) is 0 Å². The Morgan fingerprint density at radius 3 is 2.45 bits per heavy atom. The van der Waals surface area contributed by atoms with Crippen molar-refractivity contribution in [2.24, 2.45) is 0 Å². The SMILES string of the molecule is N#Cc1ccc(CSF)cc1. The van der Waals surface area contributed by atoms with E-state index >= 15 is 0 Å². The number of rotatable bonds is 2. The summed E-state index contributed by atoms with van der Waals surface area (Å²) in [5.41, 5.74) is 1.51. The molecule has 0 atom stereocenters. The van der Waals surface area contributed by atoms with E-state index < -0.39 is 0 Å². The van der Waals surface area contributed by atoms with Crippen molar-refractivity contribution in [2.75, 3.05) is 0 Å².